The predicted octanol–water partition coefficient (Wildman–Crippen LogP) is 5.31. The maximum atomic E-state index is 12.6. The van der Waals surface area contributed by atoms with Crippen LogP contribution in [0.25, 0.3) is 0 Å². The second-order valence-electron chi connectivity index (χ2n) is 7.52. The zero-order chi connectivity index (χ0) is 21.6. The highest BCUT2D eigenvalue weighted by Gasteiger charge is 2.28. The average molecular weight is 455 g/mol. The van der Waals surface area contributed by atoms with E-state index in [1.807, 2.05) is 23.1 Å². The van der Waals surface area contributed by atoms with E-state index in [0.29, 0.717) is 23.9 Å². The lowest BCUT2D eigenvalue weighted by molar-refractivity contribution is -0.135. The Morgan fingerprint density at radius 2 is 1.32 bits per heavy atom. The Balaban J connectivity index is 1.40. The smallest absolute Gasteiger partial charge is 0.260 e. The van der Waals surface area contributed by atoms with Gasteiger partial charge in [0.05, 0.1) is 6.04 Å². The van der Waals surface area contributed by atoms with E-state index in [0.717, 1.165) is 18.1 Å². The summed E-state index contributed by atoms with van der Waals surface area (Å²) >= 11 is 12.0. The van der Waals surface area contributed by atoms with Gasteiger partial charge in [0, 0.05) is 36.2 Å². The Kier molecular flexibility index (Phi) is 7.13. The minimum atomic E-state index is -0.00245. The van der Waals surface area contributed by atoms with E-state index in [1.54, 1.807) is 24.3 Å². The summed E-state index contributed by atoms with van der Waals surface area (Å²) in [5.41, 5.74) is 2.43. The normalized spacial score (nSPS) is 15.5. The Hall–Kier alpha value is -2.53. The van der Waals surface area contributed by atoms with Gasteiger partial charge < -0.3 is 9.64 Å². The lowest BCUT2D eigenvalue weighted by Crippen LogP contribution is -2.51. The second kappa shape index (κ2) is 10.2. The number of halogens is 2. The molecule has 4 nitrogen and oxygen atoms in total. The first-order chi connectivity index (χ1) is 15.1. The molecular formula is C25H24Cl2N2O2. The first kappa shape index (κ1) is 21.7. The molecule has 1 unspecified atom stereocenters. The molecule has 1 atom stereocenters. The van der Waals surface area contributed by atoms with E-state index in [1.165, 1.54) is 11.1 Å². The lowest BCUT2D eigenvalue weighted by atomic mass is 9.96. The summed E-state index contributed by atoms with van der Waals surface area (Å²) in [5, 5.41) is 1.37. The van der Waals surface area contributed by atoms with E-state index >= 15 is 0 Å². The maximum absolute atomic E-state index is 12.6. The third-order valence-electron chi connectivity index (χ3n) is 5.51. The van der Waals surface area contributed by atoms with E-state index in [4.69, 9.17) is 27.9 Å². The zero-order valence-corrected chi connectivity index (χ0v) is 18.6. The number of benzene rings is 3. The monoisotopic (exact) mass is 454 g/mol. The van der Waals surface area contributed by atoms with Crippen LogP contribution in [0.1, 0.15) is 17.2 Å². The molecule has 0 bridgehead atoms. The van der Waals surface area contributed by atoms with Crippen LogP contribution < -0.4 is 4.74 Å². The van der Waals surface area contributed by atoms with Crippen LogP contribution in [0.2, 0.25) is 10.0 Å². The van der Waals surface area contributed by atoms with Crippen molar-refractivity contribution in [3.05, 3.63) is 100 Å². The first-order valence-electron chi connectivity index (χ1n) is 10.3. The molecule has 31 heavy (non-hydrogen) atoms. The quantitative estimate of drug-likeness (QED) is 0.506. The zero-order valence-electron chi connectivity index (χ0n) is 17.1. The minimum Gasteiger partial charge on any atom is -0.484 e. The third kappa shape index (κ3) is 5.59. The number of hydrogen-bond acceptors (Lipinski definition) is 3. The van der Waals surface area contributed by atoms with Crippen LogP contribution in [0.5, 0.6) is 5.75 Å². The molecule has 0 aromatic heterocycles. The van der Waals surface area contributed by atoms with Gasteiger partial charge in [-0.2, -0.15) is 0 Å². The summed E-state index contributed by atoms with van der Waals surface area (Å²) in [7, 11) is 0. The summed E-state index contributed by atoms with van der Waals surface area (Å²) in [6, 6.07) is 25.6. The summed E-state index contributed by atoms with van der Waals surface area (Å²) in [4.78, 5) is 16.9. The molecule has 1 saturated heterocycles. The van der Waals surface area contributed by atoms with Gasteiger partial charge in [-0.1, -0.05) is 65.7 Å². The van der Waals surface area contributed by atoms with Gasteiger partial charge in [0.2, 0.25) is 0 Å². The molecule has 0 spiro atoms. The average Bonchev–Trinajstić information content (AvgIpc) is 2.81. The van der Waals surface area contributed by atoms with Gasteiger partial charge in [0.25, 0.3) is 5.91 Å². The van der Waals surface area contributed by atoms with Crippen molar-refractivity contribution in [2.45, 2.75) is 6.04 Å². The number of nitrogens with zero attached hydrogens (tertiary/aromatic N) is 2. The van der Waals surface area contributed by atoms with Crippen LogP contribution in [0.4, 0.5) is 0 Å². The Labute approximate surface area is 192 Å². The number of piperazine rings is 1. The molecule has 1 aliphatic rings. The molecule has 4 rings (SSSR count). The molecule has 0 saturated carbocycles. The van der Waals surface area contributed by atoms with Gasteiger partial charge in [-0.05, 0) is 47.5 Å². The summed E-state index contributed by atoms with van der Waals surface area (Å²) < 4.78 is 5.62. The van der Waals surface area contributed by atoms with Gasteiger partial charge in [-0.25, -0.2) is 0 Å². The number of hydrogen-bond donors (Lipinski definition) is 0. The van der Waals surface area contributed by atoms with Crippen molar-refractivity contribution in [3.63, 3.8) is 0 Å². The van der Waals surface area contributed by atoms with Crippen LogP contribution in [-0.4, -0.2) is 48.5 Å². The Bertz CT molecular complexity index is 986. The molecule has 1 amide bonds. The lowest BCUT2D eigenvalue weighted by Gasteiger charge is -2.39. The molecule has 6 heteroatoms. The fourth-order valence-corrected chi connectivity index (χ4v) is 4.14. The van der Waals surface area contributed by atoms with E-state index in [-0.39, 0.29) is 18.6 Å². The topological polar surface area (TPSA) is 32.8 Å². The summed E-state index contributed by atoms with van der Waals surface area (Å²) in [5.74, 6) is 0.639. The number of carbonyl (C=O) groups is 1. The second-order valence-corrected chi connectivity index (χ2v) is 8.40. The molecule has 160 valence electrons. The summed E-state index contributed by atoms with van der Waals surface area (Å²) in [6.45, 7) is 2.93. The third-order valence-corrected chi connectivity index (χ3v) is 6.01. The van der Waals surface area contributed by atoms with Crippen molar-refractivity contribution in [2.24, 2.45) is 0 Å². The van der Waals surface area contributed by atoms with Crippen molar-refractivity contribution >= 4 is 29.1 Å². The molecule has 1 fully saturated rings. The van der Waals surface area contributed by atoms with Crippen LogP contribution in [0, 0.1) is 0 Å². The standard InChI is InChI=1S/C25H24Cl2N2O2/c26-21-8-6-20(7-9-21)25(19-4-2-1-3-5-19)29-16-14-28(15-17-29)24(30)18-31-23-12-10-22(27)11-13-23/h1-13,25H,14-18H2. The molecule has 0 N–H and O–H groups in total. The van der Waals surface area contributed by atoms with Gasteiger partial charge >= 0.3 is 0 Å². The molecule has 3 aromatic rings. The highest BCUT2D eigenvalue weighted by molar-refractivity contribution is 6.30. The highest BCUT2D eigenvalue weighted by atomic mass is 35.5. The molecule has 0 aliphatic carbocycles. The number of carbonyl (C=O) groups excluding carboxylic acids is 1. The Morgan fingerprint density at radius 1 is 0.774 bits per heavy atom. The van der Waals surface area contributed by atoms with E-state index in [9.17, 15) is 4.79 Å². The van der Waals surface area contributed by atoms with Crippen molar-refractivity contribution in [1.82, 2.24) is 9.80 Å². The number of ether oxygens (including phenoxy) is 1. The molecule has 3 aromatic carbocycles. The van der Waals surface area contributed by atoms with Crippen molar-refractivity contribution < 1.29 is 9.53 Å². The van der Waals surface area contributed by atoms with Crippen LogP contribution in [-0.2, 0) is 4.79 Å². The van der Waals surface area contributed by atoms with Crippen molar-refractivity contribution in [3.8, 4) is 5.75 Å². The van der Waals surface area contributed by atoms with Gasteiger partial charge in [0.1, 0.15) is 5.75 Å². The number of rotatable bonds is 6. The van der Waals surface area contributed by atoms with Gasteiger partial charge in [0.15, 0.2) is 6.61 Å². The largest absolute Gasteiger partial charge is 0.484 e. The van der Waals surface area contributed by atoms with Crippen LogP contribution in [0.15, 0.2) is 78.9 Å². The molecular weight excluding hydrogens is 431 g/mol. The summed E-state index contributed by atoms with van der Waals surface area (Å²) in [6.07, 6.45) is 0. The predicted molar refractivity (Wildman–Crippen MR) is 125 cm³/mol. The van der Waals surface area contributed by atoms with Gasteiger partial charge in [-0.15, -0.1) is 0 Å². The first-order valence-corrected chi connectivity index (χ1v) is 11.1. The van der Waals surface area contributed by atoms with E-state index in [2.05, 4.69) is 41.3 Å². The van der Waals surface area contributed by atoms with Crippen molar-refractivity contribution in [2.75, 3.05) is 32.8 Å². The van der Waals surface area contributed by atoms with Crippen molar-refractivity contribution in [1.29, 1.82) is 0 Å². The maximum Gasteiger partial charge on any atom is 0.260 e. The van der Waals surface area contributed by atoms with E-state index < -0.39 is 0 Å². The molecule has 1 heterocycles. The minimum absolute atomic E-state index is 0.00245. The van der Waals surface area contributed by atoms with Crippen LogP contribution in [0.3, 0.4) is 0 Å². The fourth-order valence-electron chi connectivity index (χ4n) is 3.89. The molecule has 0 radical (unpaired) electrons. The van der Waals surface area contributed by atoms with Gasteiger partial charge in [-0.3, -0.25) is 9.69 Å². The highest BCUT2D eigenvalue weighted by Crippen LogP contribution is 2.30. The Morgan fingerprint density at radius 3 is 1.94 bits per heavy atom. The van der Waals surface area contributed by atoms with Crippen LogP contribution >= 0.6 is 23.2 Å². The number of amides is 1. The fraction of sp³-hybridized carbons (Fsp3) is 0.240. The molecule has 1 aliphatic heterocycles. The SMILES string of the molecule is O=C(COc1ccc(Cl)cc1)N1CCN(C(c2ccccc2)c2ccc(Cl)cc2)CC1.